The zero-order valence-electron chi connectivity index (χ0n) is 14.8. The van der Waals surface area contributed by atoms with Gasteiger partial charge >= 0.3 is 0 Å². The third-order valence-electron chi connectivity index (χ3n) is 4.35. The molecule has 3 aromatic rings. The number of hydrogen-bond donors (Lipinski definition) is 1. The van der Waals surface area contributed by atoms with Crippen molar-refractivity contribution in [1.29, 1.82) is 0 Å². The van der Waals surface area contributed by atoms with Crippen LogP contribution in [-0.2, 0) is 12.8 Å². The molecule has 0 saturated carbocycles. The number of anilines is 1. The van der Waals surface area contributed by atoms with E-state index in [0.717, 1.165) is 35.5 Å². The maximum atomic E-state index is 12.6. The number of carbonyl (C=O) groups excluding carboxylic acids is 1. The second-order valence-corrected chi connectivity index (χ2v) is 5.92. The van der Waals surface area contributed by atoms with Gasteiger partial charge in [0.25, 0.3) is 5.91 Å². The third kappa shape index (κ3) is 3.45. The molecule has 5 heteroatoms. The third-order valence-corrected chi connectivity index (χ3v) is 4.35. The van der Waals surface area contributed by atoms with Crippen molar-refractivity contribution in [2.24, 2.45) is 0 Å². The van der Waals surface area contributed by atoms with Gasteiger partial charge < -0.3 is 5.32 Å². The summed E-state index contributed by atoms with van der Waals surface area (Å²) < 4.78 is 1.69. The molecule has 0 bridgehead atoms. The van der Waals surface area contributed by atoms with Crippen LogP contribution in [0, 0.1) is 6.92 Å². The van der Waals surface area contributed by atoms with Gasteiger partial charge in [-0.25, -0.2) is 4.68 Å². The molecule has 0 atom stereocenters. The van der Waals surface area contributed by atoms with Crippen molar-refractivity contribution in [1.82, 2.24) is 15.0 Å². The number of nitrogens with zero attached hydrogens (tertiary/aromatic N) is 3. The summed E-state index contributed by atoms with van der Waals surface area (Å²) in [5.41, 5.74) is 5.12. The number of para-hydroxylation sites is 1. The highest BCUT2D eigenvalue weighted by atomic mass is 16.2. The van der Waals surface area contributed by atoms with Crippen molar-refractivity contribution in [3.8, 4) is 5.69 Å². The van der Waals surface area contributed by atoms with Gasteiger partial charge in [0.05, 0.1) is 11.4 Å². The van der Waals surface area contributed by atoms with E-state index in [1.54, 1.807) is 4.68 Å². The number of amides is 1. The highest BCUT2D eigenvalue weighted by Gasteiger charge is 2.18. The summed E-state index contributed by atoms with van der Waals surface area (Å²) in [4.78, 5) is 12.6. The van der Waals surface area contributed by atoms with Crippen LogP contribution in [0.15, 0.2) is 48.5 Å². The Labute approximate surface area is 147 Å². The van der Waals surface area contributed by atoms with Gasteiger partial charge in [-0.3, -0.25) is 4.79 Å². The first-order valence-electron chi connectivity index (χ1n) is 8.54. The first-order chi connectivity index (χ1) is 12.1. The van der Waals surface area contributed by atoms with E-state index in [1.807, 2.05) is 43.3 Å². The number of nitrogens with one attached hydrogen (secondary N) is 1. The van der Waals surface area contributed by atoms with Crippen LogP contribution in [0.25, 0.3) is 5.69 Å². The minimum Gasteiger partial charge on any atom is -0.320 e. The molecule has 128 valence electrons. The molecule has 5 nitrogen and oxygen atoms in total. The van der Waals surface area contributed by atoms with Crippen LogP contribution in [-0.4, -0.2) is 20.9 Å². The molecule has 2 aromatic carbocycles. The Balaban J connectivity index is 1.86. The Morgan fingerprint density at radius 2 is 1.76 bits per heavy atom. The van der Waals surface area contributed by atoms with Gasteiger partial charge in [0.1, 0.15) is 0 Å². The lowest BCUT2D eigenvalue weighted by Crippen LogP contribution is -2.15. The van der Waals surface area contributed by atoms with Gasteiger partial charge in [0.15, 0.2) is 5.69 Å². The molecule has 1 amide bonds. The molecule has 0 fully saturated rings. The van der Waals surface area contributed by atoms with Gasteiger partial charge in [0.2, 0.25) is 0 Å². The summed E-state index contributed by atoms with van der Waals surface area (Å²) in [6.07, 6.45) is 1.84. The summed E-state index contributed by atoms with van der Waals surface area (Å²) in [7, 11) is 0. The lowest BCUT2D eigenvalue weighted by atomic mass is 10.1. The van der Waals surface area contributed by atoms with E-state index in [1.165, 1.54) is 5.56 Å². The fourth-order valence-electron chi connectivity index (χ4n) is 2.79. The fourth-order valence-corrected chi connectivity index (χ4v) is 2.79. The van der Waals surface area contributed by atoms with E-state index < -0.39 is 0 Å². The molecular weight excluding hydrogens is 312 g/mol. The molecule has 0 aliphatic heterocycles. The van der Waals surface area contributed by atoms with Gasteiger partial charge in [0, 0.05) is 5.69 Å². The minimum absolute atomic E-state index is 0.241. The SMILES string of the molecule is CCc1ccc(-n2nnc(C(=O)Nc3ccccc3CC)c2C)cc1. The monoisotopic (exact) mass is 334 g/mol. The standard InChI is InChI=1S/C20H22N4O/c1-4-15-10-12-17(13-11-15)24-14(3)19(22-23-24)20(25)21-18-9-7-6-8-16(18)5-2/h6-13H,4-5H2,1-3H3,(H,21,25). The number of hydrogen-bond acceptors (Lipinski definition) is 3. The van der Waals surface area contributed by atoms with Crippen molar-refractivity contribution in [3.05, 3.63) is 71.0 Å². The number of carbonyl (C=O) groups is 1. The Bertz CT molecular complexity index is 881. The first kappa shape index (κ1) is 16.9. The summed E-state index contributed by atoms with van der Waals surface area (Å²) >= 11 is 0. The zero-order valence-corrected chi connectivity index (χ0v) is 14.8. The molecule has 0 radical (unpaired) electrons. The van der Waals surface area contributed by atoms with Crippen LogP contribution in [0.3, 0.4) is 0 Å². The van der Waals surface area contributed by atoms with Crippen molar-refractivity contribution in [2.45, 2.75) is 33.6 Å². The average Bonchev–Trinajstić information content (AvgIpc) is 3.03. The Hall–Kier alpha value is -2.95. The van der Waals surface area contributed by atoms with E-state index in [4.69, 9.17) is 0 Å². The van der Waals surface area contributed by atoms with E-state index in [9.17, 15) is 4.79 Å². The molecule has 1 heterocycles. The second kappa shape index (κ2) is 7.30. The van der Waals surface area contributed by atoms with Gasteiger partial charge in [-0.2, -0.15) is 0 Å². The largest absolute Gasteiger partial charge is 0.320 e. The molecule has 0 saturated heterocycles. The predicted molar refractivity (Wildman–Crippen MR) is 99.2 cm³/mol. The quantitative estimate of drug-likeness (QED) is 0.768. The normalized spacial score (nSPS) is 10.7. The van der Waals surface area contributed by atoms with E-state index in [-0.39, 0.29) is 5.91 Å². The average molecular weight is 334 g/mol. The Morgan fingerprint density at radius 3 is 2.44 bits per heavy atom. The number of aryl methyl sites for hydroxylation is 2. The molecule has 1 aromatic heterocycles. The van der Waals surface area contributed by atoms with Crippen molar-refractivity contribution >= 4 is 11.6 Å². The van der Waals surface area contributed by atoms with E-state index >= 15 is 0 Å². The minimum atomic E-state index is -0.241. The topological polar surface area (TPSA) is 59.8 Å². The van der Waals surface area contributed by atoms with Crippen LogP contribution in [0.1, 0.15) is 41.2 Å². The van der Waals surface area contributed by atoms with Crippen LogP contribution < -0.4 is 5.32 Å². The molecule has 0 aliphatic carbocycles. The molecule has 0 spiro atoms. The zero-order chi connectivity index (χ0) is 17.8. The molecule has 0 unspecified atom stereocenters. The van der Waals surface area contributed by atoms with E-state index in [0.29, 0.717) is 5.69 Å². The summed E-state index contributed by atoms with van der Waals surface area (Å²) in [6.45, 7) is 6.03. The lowest BCUT2D eigenvalue weighted by Gasteiger charge is -2.09. The van der Waals surface area contributed by atoms with Crippen LogP contribution in [0.4, 0.5) is 5.69 Å². The predicted octanol–water partition coefficient (Wildman–Crippen LogP) is 3.95. The highest BCUT2D eigenvalue weighted by Crippen LogP contribution is 2.18. The Kier molecular flexibility index (Phi) is 4.93. The van der Waals surface area contributed by atoms with Crippen molar-refractivity contribution < 1.29 is 4.79 Å². The first-order valence-corrected chi connectivity index (χ1v) is 8.54. The van der Waals surface area contributed by atoms with Crippen molar-refractivity contribution in [3.63, 3.8) is 0 Å². The molecule has 3 rings (SSSR count). The highest BCUT2D eigenvalue weighted by molar-refractivity contribution is 6.04. The number of aromatic nitrogens is 3. The summed E-state index contributed by atoms with van der Waals surface area (Å²) in [5, 5.41) is 11.2. The molecular formula is C20H22N4O. The lowest BCUT2D eigenvalue weighted by molar-refractivity contribution is 0.102. The fraction of sp³-hybridized carbons (Fsp3) is 0.250. The van der Waals surface area contributed by atoms with Crippen LogP contribution >= 0.6 is 0 Å². The number of benzene rings is 2. The second-order valence-electron chi connectivity index (χ2n) is 5.92. The van der Waals surface area contributed by atoms with Gasteiger partial charge in [-0.1, -0.05) is 49.4 Å². The number of rotatable bonds is 5. The summed E-state index contributed by atoms with van der Waals surface area (Å²) in [5.74, 6) is -0.241. The molecule has 25 heavy (non-hydrogen) atoms. The summed E-state index contributed by atoms with van der Waals surface area (Å²) in [6, 6.07) is 15.9. The smallest absolute Gasteiger partial charge is 0.278 e. The molecule has 1 N–H and O–H groups in total. The van der Waals surface area contributed by atoms with Gasteiger partial charge in [-0.05, 0) is 49.1 Å². The van der Waals surface area contributed by atoms with Crippen molar-refractivity contribution in [2.75, 3.05) is 5.32 Å². The van der Waals surface area contributed by atoms with Crippen LogP contribution in [0.2, 0.25) is 0 Å². The Morgan fingerprint density at radius 1 is 1.04 bits per heavy atom. The van der Waals surface area contributed by atoms with Crippen LogP contribution in [0.5, 0.6) is 0 Å². The van der Waals surface area contributed by atoms with Gasteiger partial charge in [-0.15, -0.1) is 5.10 Å². The van der Waals surface area contributed by atoms with E-state index in [2.05, 4.69) is 41.6 Å². The molecule has 0 aliphatic rings. The maximum Gasteiger partial charge on any atom is 0.278 e. The maximum absolute atomic E-state index is 12.6.